The summed E-state index contributed by atoms with van der Waals surface area (Å²) in [4.78, 5) is 0. The fraction of sp³-hybridized carbons (Fsp3) is 0.800. The molecule has 11 heavy (non-hydrogen) atoms. The predicted molar refractivity (Wildman–Crippen MR) is 51.5 cm³/mol. The lowest BCUT2D eigenvalue weighted by Crippen LogP contribution is -2.36. The van der Waals surface area contributed by atoms with E-state index in [1.165, 1.54) is 0 Å². The summed E-state index contributed by atoms with van der Waals surface area (Å²) in [6, 6.07) is 0.495. The van der Waals surface area contributed by atoms with Crippen molar-refractivity contribution in [3.05, 3.63) is 12.3 Å². The molecular weight excluding hydrogens is 134 g/mol. The van der Waals surface area contributed by atoms with Gasteiger partial charge in [-0.1, -0.05) is 34.3 Å². The molecule has 0 aliphatic heterocycles. The second kappa shape index (κ2) is 3.80. The molecule has 0 spiro atoms. The van der Waals surface area contributed by atoms with Crippen LogP contribution in [0.5, 0.6) is 0 Å². The highest BCUT2D eigenvalue weighted by Gasteiger charge is 2.19. The first kappa shape index (κ1) is 10.5. The van der Waals surface area contributed by atoms with Crippen LogP contribution in [0.3, 0.4) is 0 Å². The van der Waals surface area contributed by atoms with E-state index in [1.54, 1.807) is 0 Å². The minimum Gasteiger partial charge on any atom is -0.386 e. The molecule has 0 heterocycles. The van der Waals surface area contributed by atoms with E-state index in [-0.39, 0.29) is 0 Å². The van der Waals surface area contributed by atoms with Gasteiger partial charge >= 0.3 is 0 Å². The van der Waals surface area contributed by atoms with Crippen LogP contribution in [0.15, 0.2) is 12.3 Å². The summed E-state index contributed by atoms with van der Waals surface area (Å²) in [5.41, 5.74) is 1.45. The molecule has 0 aliphatic rings. The minimum absolute atomic E-state index is 0.318. The third-order valence-corrected chi connectivity index (χ3v) is 2.15. The number of hydrogen-bond acceptors (Lipinski definition) is 1. The quantitative estimate of drug-likeness (QED) is 0.660. The van der Waals surface area contributed by atoms with Crippen LogP contribution in [-0.4, -0.2) is 6.04 Å². The molecule has 1 heteroatoms. The van der Waals surface area contributed by atoms with Crippen molar-refractivity contribution in [2.45, 2.75) is 47.1 Å². The van der Waals surface area contributed by atoms with Gasteiger partial charge < -0.3 is 5.32 Å². The number of rotatable bonds is 3. The average molecular weight is 155 g/mol. The Hall–Kier alpha value is -0.460. The van der Waals surface area contributed by atoms with Crippen LogP contribution in [0.1, 0.15) is 41.0 Å². The Kier molecular flexibility index (Phi) is 3.64. The van der Waals surface area contributed by atoms with Gasteiger partial charge in [-0.05, 0) is 18.8 Å². The summed E-state index contributed by atoms with van der Waals surface area (Å²) in [6.07, 6.45) is 1.01. The van der Waals surface area contributed by atoms with Crippen molar-refractivity contribution in [1.82, 2.24) is 5.32 Å². The van der Waals surface area contributed by atoms with E-state index in [0.717, 1.165) is 12.1 Å². The number of nitrogens with one attached hydrogen (secondary N) is 1. The van der Waals surface area contributed by atoms with Crippen LogP contribution in [0.2, 0.25) is 0 Å². The van der Waals surface area contributed by atoms with E-state index in [4.69, 9.17) is 0 Å². The molecule has 0 saturated heterocycles. The summed E-state index contributed by atoms with van der Waals surface area (Å²) >= 11 is 0. The molecule has 0 amide bonds. The Labute approximate surface area is 70.9 Å². The fourth-order valence-corrected chi connectivity index (χ4v) is 0.625. The molecule has 0 radical (unpaired) electrons. The molecule has 0 aromatic carbocycles. The zero-order chi connectivity index (χ0) is 9.07. The molecule has 0 saturated carbocycles. The molecular formula is C10H21N. The van der Waals surface area contributed by atoms with Crippen LogP contribution in [0, 0.1) is 5.41 Å². The van der Waals surface area contributed by atoms with Gasteiger partial charge in [0, 0.05) is 11.7 Å². The minimum atomic E-state index is 0.318. The van der Waals surface area contributed by atoms with Gasteiger partial charge in [0.25, 0.3) is 0 Å². The molecule has 0 bridgehead atoms. The zero-order valence-electron chi connectivity index (χ0n) is 8.49. The van der Waals surface area contributed by atoms with Crippen molar-refractivity contribution in [1.29, 1.82) is 0 Å². The highest BCUT2D eigenvalue weighted by Crippen LogP contribution is 2.19. The van der Waals surface area contributed by atoms with E-state index in [0.29, 0.717) is 11.5 Å². The maximum absolute atomic E-state index is 3.92. The Balaban J connectivity index is 3.87. The molecule has 1 nitrogen and oxygen atoms in total. The van der Waals surface area contributed by atoms with Crippen molar-refractivity contribution in [3.8, 4) is 0 Å². The average Bonchev–Trinajstić information content (AvgIpc) is 1.85. The van der Waals surface area contributed by atoms with Crippen molar-refractivity contribution in [2.24, 2.45) is 5.41 Å². The fourth-order valence-electron chi connectivity index (χ4n) is 0.625. The molecule has 0 aromatic rings. The van der Waals surface area contributed by atoms with Gasteiger partial charge in [-0.25, -0.2) is 0 Å². The van der Waals surface area contributed by atoms with Crippen LogP contribution < -0.4 is 5.32 Å². The van der Waals surface area contributed by atoms with Crippen molar-refractivity contribution < 1.29 is 0 Å². The second-order valence-corrected chi connectivity index (χ2v) is 4.19. The standard InChI is InChI=1S/C10H21N/c1-7-8(2)11-9(3)10(4,5)6/h9,11H,2,7H2,1,3-6H3. The summed E-state index contributed by atoms with van der Waals surface area (Å²) in [6.45, 7) is 14.9. The van der Waals surface area contributed by atoms with Crippen LogP contribution in [-0.2, 0) is 0 Å². The summed E-state index contributed by atoms with van der Waals surface area (Å²) < 4.78 is 0. The van der Waals surface area contributed by atoms with Gasteiger partial charge in [0.15, 0.2) is 0 Å². The Morgan fingerprint density at radius 1 is 1.45 bits per heavy atom. The monoisotopic (exact) mass is 155 g/mol. The largest absolute Gasteiger partial charge is 0.386 e. The lowest BCUT2D eigenvalue weighted by molar-refractivity contribution is 0.301. The first-order valence-electron chi connectivity index (χ1n) is 4.32. The summed E-state index contributed by atoms with van der Waals surface area (Å²) in [5, 5.41) is 3.38. The maximum Gasteiger partial charge on any atom is 0.0278 e. The van der Waals surface area contributed by atoms with Crippen molar-refractivity contribution in [2.75, 3.05) is 0 Å². The van der Waals surface area contributed by atoms with Gasteiger partial charge in [-0.3, -0.25) is 0 Å². The van der Waals surface area contributed by atoms with Crippen LogP contribution in [0.25, 0.3) is 0 Å². The van der Waals surface area contributed by atoms with Gasteiger partial charge in [0.1, 0.15) is 0 Å². The first-order valence-corrected chi connectivity index (χ1v) is 4.32. The highest BCUT2D eigenvalue weighted by molar-refractivity contribution is 4.94. The van der Waals surface area contributed by atoms with Crippen LogP contribution in [0.4, 0.5) is 0 Å². The normalized spacial score (nSPS) is 14.3. The van der Waals surface area contributed by atoms with E-state index in [1.807, 2.05) is 0 Å². The van der Waals surface area contributed by atoms with E-state index < -0.39 is 0 Å². The van der Waals surface area contributed by atoms with E-state index in [2.05, 4.69) is 46.5 Å². The SMILES string of the molecule is C=C(CC)NC(C)C(C)(C)C. The predicted octanol–water partition coefficient (Wildman–Crippen LogP) is 2.93. The highest BCUT2D eigenvalue weighted by atomic mass is 14.9. The third-order valence-electron chi connectivity index (χ3n) is 2.15. The molecule has 0 aliphatic carbocycles. The number of allylic oxidation sites excluding steroid dienone is 1. The van der Waals surface area contributed by atoms with Crippen molar-refractivity contribution in [3.63, 3.8) is 0 Å². The Morgan fingerprint density at radius 2 is 1.91 bits per heavy atom. The summed E-state index contributed by atoms with van der Waals surface area (Å²) in [7, 11) is 0. The van der Waals surface area contributed by atoms with Gasteiger partial charge in [-0.15, -0.1) is 0 Å². The molecule has 1 N–H and O–H groups in total. The first-order chi connectivity index (χ1) is 4.88. The Morgan fingerprint density at radius 3 is 2.18 bits per heavy atom. The van der Waals surface area contributed by atoms with Gasteiger partial charge in [0.2, 0.25) is 0 Å². The number of hydrogen-bond donors (Lipinski definition) is 1. The topological polar surface area (TPSA) is 12.0 Å². The Bertz CT molecular complexity index is 130. The third kappa shape index (κ3) is 4.07. The van der Waals surface area contributed by atoms with E-state index in [9.17, 15) is 0 Å². The molecule has 1 unspecified atom stereocenters. The summed E-state index contributed by atoms with van der Waals surface area (Å²) in [5.74, 6) is 0. The zero-order valence-corrected chi connectivity index (χ0v) is 8.49. The lowest BCUT2D eigenvalue weighted by Gasteiger charge is -2.29. The second-order valence-electron chi connectivity index (χ2n) is 4.19. The van der Waals surface area contributed by atoms with Gasteiger partial charge in [0.05, 0.1) is 0 Å². The molecule has 66 valence electrons. The van der Waals surface area contributed by atoms with Crippen LogP contribution >= 0.6 is 0 Å². The van der Waals surface area contributed by atoms with Gasteiger partial charge in [-0.2, -0.15) is 0 Å². The lowest BCUT2D eigenvalue weighted by atomic mass is 9.88. The molecule has 0 rings (SSSR count). The van der Waals surface area contributed by atoms with E-state index >= 15 is 0 Å². The van der Waals surface area contributed by atoms with Crippen molar-refractivity contribution >= 4 is 0 Å². The molecule has 0 fully saturated rings. The molecule has 1 atom stereocenters. The smallest absolute Gasteiger partial charge is 0.0278 e. The maximum atomic E-state index is 3.92. The molecule has 0 aromatic heterocycles.